The molecule has 0 saturated carbocycles. The van der Waals surface area contributed by atoms with E-state index in [2.05, 4.69) is 15.6 Å². The van der Waals surface area contributed by atoms with Crippen LogP contribution in [0.25, 0.3) is 10.9 Å². The van der Waals surface area contributed by atoms with Crippen molar-refractivity contribution >= 4 is 28.6 Å². The SMILES string of the molecule is CNC(=O)C(Cc1c[nH]c2ccccc12)NC(=O)C(O)(CC(C)C)C(C)C(=O)NO. The second kappa shape index (κ2) is 9.73. The smallest absolute Gasteiger partial charge is 0.253 e. The first kappa shape index (κ1) is 23.4. The van der Waals surface area contributed by atoms with Gasteiger partial charge in [0.1, 0.15) is 6.04 Å². The molecule has 3 amide bonds. The van der Waals surface area contributed by atoms with E-state index in [1.807, 2.05) is 24.3 Å². The first-order chi connectivity index (χ1) is 14.1. The van der Waals surface area contributed by atoms with Gasteiger partial charge < -0.3 is 20.7 Å². The molecule has 2 aromatic rings. The second-order valence-corrected chi connectivity index (χ2v) is 7.92. The summed E-state index contributed by atoms with van der Waals surface area (Å²) in [5.41, 5.74) is 1.11. The molecule has 1 aromatic carbocycles. The van der Waals surface area contributed by atoms with Crippen molar-refractivity contribution in [3.05, 3.63) is 36.0 Å². The molecule has 0 radical (unpaired) electrons. The average Bonchev–Trinajstić information content (AvgIpc) is 3.13. The number of benzene rings is 1. The number of nitrogens with one attached hydrogen (secondary N) is 4. The standard InChI is InChI=1S/C21H30N4O5/c1-12(2)10-21(29,13(3)18(26)25-30)20(28)24-17(19(27)22-4)9-14-11-23-16-8-6-5-7-15(14)16/h5-8,11-13,17,23,29-30H,9-10H2,1-4H3,(H,22,27)(H,24,28)(H,25,26). The van der Waals surface area contributed by atoms with Gasteiger partial charge in [0.25, 0.3) is 5.91 Å². The van der Waals surface area contributed by atoms with Gasteiger partial charge in [0.2, 0.25) is 11.8 Å². The number of aliphatic hydroxyl groups is 1. The maximum Gasteiger partial charge on any atom is 0.253 e. The van der Waals surface area contributed by atoms with Gasteiger partial charge in [0, 0.05) is 30.6 Å². The van der Waals surface area contributed by atoms with Gasteiger partial charge in [-0.1, -0.05) is 39.0 Å². The predicted molar refractivity (Wildman–Crippen MR) is 111 cm³/mol. The van der Waals surface area contributed by atoms with Crippen molar-refractivity contribution in [3.63, 3.8) is 0 Å². The fourth-order valence-corrected chi connectivity index (χ4v) is 3.59. The monoisotopic (exact) mass is 418 g/mol. The molecule has 0 aliphatic heterocycles. The maximum atomic E-state index is 13.1. The summed E-state index contributed by atoms with van der Waals surface area (Å²) < 4.78 is 0. The van der Waals surface area contributed by atoms with Gasteiger partial charge in [0.15, 0.2) is 5.60 Å². The van der Waals surface area contributed by atoms with Crippen LogP contribution in [0.1, 0.15) is 32.8 Å². The molecule has 2 rings (SSSR count). The van der Waals surface area contributed by atoms with Crippen molar-refractivity contribution in [2.75, 3.05) is 7.05 Å². The van der Waals surface area contributed by atoms with E-state index < -0.39 is 35.3 Å². The molecule has 0 bridgehead atoms. The van der Waals surface area contributed by atoms with E-state index in [0.29, 0.717) is 0 Å². The van der Waals surface area contributed by atoms with Crippen LogP contribution in [0.15, 0.2) is 30.5 Å². The molecule has 0 spiro atoms. The zero-order valence-corrected chi connectivity index (χ0v) is 17.7. The lowest BCUT2D eigenvalue weighted by atomic mass is 9.80. The Kier molecular flexibility index (Phi) is 7.58. The summed E-state index contributed by atoms with van der Waals surface area (Å²) in [6, 6.07) is 6.62. The number of likely N-dealkylation sites (N-methyl/N-ethyl adjacent to an activating group) is 1. The number of aromatic nitrogens is 1. The molecule has 1 aromatic heterocycles. The van der Waals surface area contributed by atoms with E-state index in [0.717, 1.165) is 16.5 Å². The van der Waals surface area contributed by atoms with E-state index in [-0.39, 0.29) is 18.8 Å². The van der Waals surface area contributed by atoms with Crippen LogP contribution >= 0.6 is 0 Å². The largest absolute Gasteiger partial charge is 0.379 e. The van der Waals surface area contributed by atoms with Crippen LogP contribution in [0.2, 0.25) is 0 Å². The molecular weight excluding hydrogens is 388 g/mol. The molecule has 0 aliphatic carbocycles. The van der Waals surface area contributed by atoms with Crippen molar-refractivity contribution in [3.8, 4) is 0 Å². The third-order valence-electron chi connectivity index (χ3n) is 5.30. The lowest BCUT2D eigenvalue weighted by Gasteiger charge is -2.34. The molecule has 30 heavy (non-hydrogen) atoms. The number of aromatic amines is 1. The molecule has 9 nitrogen and oxygen atoms in total. The number of rotatable bonds is 9. The first-order valence-corrected chi connectivity index (χ1v) is 9.87. The Hall–Kier alpha value is -2.91. The number of amides is 3. The highest BCUT2D eigenvalue weighted by molar-refractivity contribution is 5.95. The number of para-hydroxylation sites is 1. The Bertz CT molecular complexity index is 910. The lowest BCUT2D eigenvalue weighted by Crippen LogP contribution is -2.60. The van der Waals surface area contributed by atoms with Gasteiger partial charge in [-0.15, -0.1) is 0 Å². The summed E-state index contributed by atoms with van der Waals surface area (Å²) in [5.74, 6) is -3.52. The van der Waals surface area contributed by atoms with E-state index in [9.17, 15) is 19.5 Å². The highest BCUT2D eigenvalue weighted by Gasteiger charge is 2.46. The predicted octanol–water partition coefficient (Wildman–Crippen LogP) is 0.860. The Morgan fingerprint density at radius 2 is 1.80 bits per heavy atom. The number of carbonyl (C=O) groups excluding carboxylic acids is 3. The number of hydrogen-bond donors (Lipinski definition) is 6. The van der Waals surface area contributed by atoms with Crippen LogP contribution in [0.5, 0.6) is 0 Å². The highest BCUT2D eigenvalue weighted by atomic mass is 16.5. The Morgan fingerprint density at radius 3 is 2.40 bits per heavy atom. The van der Waals surface area contributed by atoms with Crippen LogP contribution in [0, 0.1) is 11.8 Å². The van der Waals surface area contributed by atoms with Crippen LogP contribution in [-0.4, -0.2) is 51.7 Å². The molecule has 0 saturated heterocycles. The summed E-state index contributed by atoms with van der Waals surface area (Å²) >= 11 is 0. The third-order valence-corrected chi connectivity index (χ3v) is 5.30. The van der Waals surface area contributed by atoms with Crippen molar-refractivity contribution in [1.29, 1.82) is 0 Å². The molecule has 0 fully saturated rings. The van der Waals surface area contributed by atoms with Crippen molar-refractivity contribution < 1.29 is 24.7 Å². The van der Waals surface area contributed by atoms with Gasteiger partial charge in [-0.25, -0.2) is 5.48 Å². The summed E-state index contributed by atoms with van der Waals surface area (Å²) in [7, 11) is 1.46. The molecule has 0 aliphatic rings. The van der Waals surface area contributed by atoms with Gasteiger partial charge in [-0.05, 0) is 24.0 Å². The number of carbonyl (C=O) groups is 3. The number of H-pyrrole nitrogens is 1. The van der Waals surface area contributed by atoms with Crippen LogP contribution in [0.4, 0.5) is 0 Å². The summed E-state index contributed by atoms with van der Waals surface area (Å²) in [6.45, 7) is 4.94. The van der Waals surface area contributed by atoms with Crippen molar-refractivity contribution in [2.45, 2.75) is 45.3 Å². The van der Waals surface area contributed by atoms with Crippen LogP contribution < -0.4 is 16.1 Å². The number of hydrogen-bond acceptors (Lipinski definition) is 5. The number of fused-ring (bicyclic) bond motifs is 1. The normalized spacial score (nSPS) is 15.3. The van der Waals surface area contributed by atoms with E-state index in [1.165, 1.54) is 19.5 Å². The second-order valence-electron chi connectivity index (χ2n) is 7.92. The summed E-state index contributed by atoms with van der Waals surface area (Å²) in [4.78, 5) is 40.6. The molecular formula is C21H30N4O5. The van der Waals surface area contributed by atoms with Crippen LogP contribution in [-0.2, 0) is 20.8 Å². The van der Waals surface area contributed by atoms with Gasteiger partial charge in [-0.2, -0.15) is 0 Å². The molecule has 6 N–H and O–H groups in total. The average molecular weight is 418 g/mol. The minimum Gasteiger partial charge on any atom is -0.379 e. The first-order valence-electron chi connectivity index (χ1n) is 9.87. The minimum absolute atomic E-state index is 0.0268. The third kappa shape index (κ3) is 4.98. The quantitative estimate of drug-likeness (QED) is 0.264. The van der Waals surface area contributed by atoms with Crippen molar-refractivity contribution in [2.24, 2.45) is 11.8 Å². The molecule has 164 valence electrons. The van der Waals surface area contributed by atoms with E-state index in [4.69, 9.17) is 5.21 Å². The number of hydroxylamine groups is 1. The zero-order valence-electron chi connectivity index (χ0n) is 17.7. The fraction of sp³-hybridized carbons (Fsp3) is 0.476. The van der Waals surface area contributed by atoms with Gasteiger partial charge in [0.05, 0.1) is 5.92 Å². The molecule has 1 heterocycles. The Labute approximate surface area is 175 Å². The summed E-state index contributed by atoms with van der Waals surface area (Å²) in [5, 5.41) is 26.1. The van der Waals surface area contributed by atoms with Gasteiger partial charge >= 0.3 is 0 Å². The Morgan fingerprint density at radius 1 is 1.13 bits per heavy atom. The van der Waals surface area contributed by atoms with Crippen molar-refractivity contribution in [1.82, 2.24) is 21.1 Å². The van der Waals surface area contributed by atoms with Crippen LogP contribution in [0.3, 0.4) is 0 Å². The molecule has 9 heteroatoms. The highest BCUT2D eigenvalue weighted by Crippen LogP contribution is 2.27. The zero-order chi connectivity index (χ0) is 22.5. The lowest BCUT2D eigenvalue weighted by molar-refractivity contribution is -0.159. The molecule has 3 atom stereocenters. The van der Waals surface area contributed by atoms with E-state index >= 15 is 0 Å². The fourth-order valence-electron chi connectivity index (χ4n) is 3.59. The van der Waals surface area contributed by atoms with Gasteiger partial charge in [-0.3, -0.25) is 19.6 Å². The van der Waals surface area contributed by atoms with E-state index in [1.54, 1.807) is 20.0 Å². The minimum atomic E-state index is -2.10. The molecule has 3 unspecified atom stereocenters. The maximum absolute atomic E-state index is 13.1. The Balaban J connectivity index is 2.32. The summed E-state index contributed by atoms with van der Waals surface area (Å²) in [6.07, 6.45) is 1.93. The topological polar surface area (TPSA) is 144 Å².